The van der Waals surface area contributed by atoms with E-state index in [-0.39, 0.29) is 12.1 Å². The van der Waals surface area contributed by atoms with Crippen LogP contribution in [0.4, 0.5) is 0 Å². The minimum Gasteiger partial charge on any atom is -0.490 e. The van der Waals surface area contributed by atoms with Gasteiger partial charge >= 0.3 is 0 Å². The number of aromatic amines is 1. The molecular weight excluding hydrogens is 446 g/mol. The quantitative estimate of drug-likeness (QED) is 0.262. The highest BCUT2D eigenvalue weighted by atomic mass is 16.5. The number of hydrogen-bond acceptors (Lipinski definition) is 7. The van der Waals surface area contributed by atoms with E-state index in [1.807, 2.05) is 42.5 Å². The van der Waals surface area contributed by atoms with E-state index >= 15 is 0 Å². The number of carbonyl (C=O) groups excluding carboxylic acids is 1. The van der Waals surface area contributed by atoms with Gasteiger partial charge in [-0.05, 0) is 56.2 Å². The maximum Gasteiger partial charge on any atom is 0.250 e. The molecule has 0 unspecified atom stereocenters. The SMILES string of the molecule is CC(C)(Cc1ccc(Oc2ccc(C(N)=O)cn2)cc1)NC[C@@H](O)COc1cccc2[nH]ncc12. The minimum atomic E-state index is -0.666. The second-order valence-corrected chi connectivity index (χ2v) is 8.99. The lowest BCUT2D eigenvalue weighted by Crippen LogP contribution is -2.46. The van der Waals surface area contributed by atoms with E-state index in [9.17, 15) is 9.90 Å². The Morgan fingerprint density at radius 3 is 2.66 bits per heavy atom. The monoisotopic (exact) mass is 475 g/mol. The molecule has 0 radical (unpaired) electrons. The summed E-state index contributed by atoms with van der Waals surface area (Å²) in [6.07, 6.45) is 3.18. The first-order valence-electron chi connectivity index (χ1n) is 11.3. The zero-order chi connectivity index (χ0) is 24.8. The highest BCUT2D eigenvalue weighted by Gasteiger charge is 2.20. The lowest BCUT2D eigenvalue weighted by Gasteiger charge is -2.28. The number of carbonyl (C=O) groups is 1. The van der Waals surface area contributed by atoms with Gasteiger partial charge in [-0.25, -0.2) is 4.98 Å². The molecule has 4 aromatic rings. The number of pyridine rings is 1. The van der Waals surface area contributed by atoms with Gasteiger partial charge in [-0.2, -0.15) is 5.10 Å². The Hall–Kier alpha value is -3.95. The van der Waals surface area contributed by atoms with Crippen molar-refractivity contribution in [3.8, 4) is 17.4 Å². The number of hydrogen-bond donors (Lipinski definition) is 4. The van der Waals surface area contributed by atoms with Crippen LogP contribution in [0.15, 0.2) is 67.0 Å². The zero-order valence-corrected chi connectivity index (χ0v) is 19.7. The standard InChI is InChI=1S/C26H29N5O4/c1-26(2,29-14-19(32)16-34-23-5-3-4-22-21(23)15-30-31-22)12-17-6-9-20(10-7-17)35-24-11-8-18(13-28-24)25(27)33/h3-11,13,15,19,29,32H,12,14,16H2,1-2H3,(H2,27,33)(H,30,31)/t19-/m1/s1. The summed E-state index contributed by atoms with van der Waals surface area (Å²) in [5.74, 6) is 1.18. The number of aromatic nitrogens is 3. The molecule has 0 bridgehead atoms. The molecule has 0 aliphatic heterocycles. The van der Waals surface area contributed by atoms with Gasteiger partial charge in [0.1, 0.15) is 24.2 Å². The average Bonchev–Trinajstić information content (AvgIpc) is 3.32. The van der Waals surface area contributed by atoms with Gasteiger partial charge in [0.05, 0.1) is 22.7 Å². The van der Waals surface area contributed by atoms with Gasteiger partial charge in [0.15, 0.2) is 0 Å². The molecule has 0 saturated heterocycles. The fourth-order valence-corrected chi connectivity index (χ4v) is 3.66. The van der Waals surface area contributed by atoms with Crippen LogP contribution >= 0.6 is 0 Å². The Labute approximate surface area is 203 Å². The zero-order valence-electron chi connectivity index (χ0n) is 19.7. The molecule has 9 heteroatoms. The van der Waals surface area contributed by atoms with Gasteiger partial charge in [-0.3, -0.25) is 9.89 Å². The van der Waals surface area contributed by atoms with Crippen molar-refractivity contribution >= 4 is 16.8 Å². The van der Waals surface area contributed by atoms with E-state index in [4.69, 9.17) is 15.2 Å². The Kier molecular flexibility index (Phi) is 7.28. The van der Waals surface area contributed by atoms with Crippen molar-refractivity contribution in [2.24, 2.45) is 5.73 Å². The highest BCUT2D eigenvalue weighted by molar-refractivity contribution is 5.92. The number of amides is 1. The number of benzene rings is 2. The molecule has 35 heavy (non-hydrogen) atoms. The van der Waals surface area contributed by atoms with Gasteiger partial charge in [0.2, 0.25) is 11.8 Å². The Balaban J connectivity index is 1.25. The number of nitrogens with zero attached hydrogens (tertiary/aromatic N) is 2. The molecule has 9 nitrogen and oxygen atoms in total. The van der Waals surface area contributed by atoms with E-state index in [0.717, 1.165) is 22.9 Å². The van der Waals surface area contributed by atoms with E-state index in [0.29, 0.717) is 29.5 Å². The van der Waals surface area contributed by atoms with Gasteiger partial charge in [-0.15, -0.1) is 0 Å². The van der Waals surface area contributed by atoms with Gasteiger partial charge in [0.25, 0.3) is 0 Å². The summed E-state index contributed by atoms with van der Waals surface area (Å²) < 4.78 is 11.5. The molecule has 1 atom stereocenters. The van der Waals surface area contributed by atoms with Gasteiger partial charge < -0.3 is 25.6 Å². The molecule has 5 N–H and O–H groups in total. The van der Waals surface area contributed by atoms with E-state index in [1.165, 1.54) is 6.20 Å². The van der Waals surface area contributed by atoms with Crippen molar-refractivity contribution < 1.29 is 19.4 Å². The molecule has 0 aliphatic rings. The van der Waals surface area contributed by atoms with Crippen molar-refractivity contribution in [3.63, 3.8) is 0 Å². The number of nitrogens with one attached hydrogen (secondary N) is 2. The van der Waals surface area contributed by atoms with Crippen molar-refractivity contribution in [2.45, 2.75) is 31.9 Å². The summed E-state index contributed by atoms with van der Waals surface area (Å²) in [5.41, 5.74) is 7.31. The smallest absolute Gasteiger partial charge is 0.250 e. The summed E-state index contributed by atoms with van der Waals surface area (Å²) in [5, 5.41) is 21.7. The summed E-state index contributed by atoms with van der Waals surface area (Å²) >= 11 is 0. The van der Waals surface area contributed by atoms with Crippen molar-refractivity contribution in [2.75, 3.05) is 13.2 Å². The van der Waals surface area contributed by atoms with Gasteiger partial charge in [0, 0.05) is 24.3 Å². The fourth-order valence-electron chi connectivity index (χ4n) is 3.66. The van der Waals surface area contributed by atoms with Crippen LogP contribution in [0.5, 0.6) is 17.4 Å². The third kappa shape index (κ3) is 6.56. The first-order valence-corrected chi connectivity index (χ1v) is 11.3. The lowest BCUT2D eigenvalue weighted by molar-refractivity contribution is 0.0995. The summed E-state index contributed by atoms with van der Waals surface area (Å²) in [6.45, 7) is 4.74. The van der Waals surface area contributed by atoms with Crippen LogP contribution in [-0.2, 0) is 6.42 Å². The molecule has 2 aromatic carbocycles. The van der Waals surface area contributed by atoms with Crippen LogP contribution in [0, 0.1) is 0 Å². The largest absolute Gasteiger partial charge is 0.490 e. The fraction of sp³-hybridized carbons (Fsp3) is 0.269. The number of rotatable bonds is 11. The molecule has 0 saturated carbocycles. The number of aliphatic hydroxyl groups excluding tert-OH is 1. The number of β-amino-alcohol motifs (C(OH)–C–C–N with tert-alkyl or cyclic N) is 1. The number of aliphatic hydroxyl groups is 1. The minimum absolute atomic E-state index is 0.174. The Morgan fingerprint density at radius 2 is 1.94 bits per heavy atom. The van der Waals surface area contributed by atoms with Crippen LogP contribution < -0.4 is 20.5 Å². The summed E-state index contributed by atoms with van der Waals surface area (Å²) in [4.78, 5) is 15.2. The molecule has 182 valence electrons. The predicted octanol–water partition coefficient (Wildman–Crippen LogP) is 3.20. The number of H-pyrrole nitrogens is 1. The lowest BCUT2D eigenvalue weighted by atomic mass is 9.94. The van der Waals surface area contributed by atoms with E-state index in [2.05, 4.69) is 34.3 Å². The first-order chi connectivity index (χ1) is 16.8. The second kappa shape index (κ2) is 10.5. The summed E-state index contributed by atoms with van der Waals surface area (Å²) in [7, 11) is 0. The molecule has 2 heterocycles. The second-order valence-electron chi connectivity index (χ2n) is 8.99. The number of fused-ring (bicyclic) bond motifs is 1. The maximum atomic E-state index is 11.1. The van der Waals surface area contributed by atoms with E-state index in [1.54, 1.807) is 18.3 Å². The Morgan fingerprint density at radius 1 is 1.14 bits per heavy atom. The molecule has 0 aliphatic carbocycles. The molecule has 1 amide bonds. The summed E-state index contributed by atoms with van der Waals surface area (Å²) in [6, 6.07) is 16.6. The molecular formula is C26H29N5O4. The number of ether oxygens (including phenoxy) is 2. The van der Waals surface area contributed by atoms with E-state index < -0.39 is 12.0 Å². The third-order valence-corrected chi connectivity index (χ3v) is 5.50. The molecule has 0 spiro atoms. The average molecular weight is 476 g/mol. The van der Waals surface area contributed by atoms with Crippen LogP contribution in [-0.4, -0.2) is 51.0 Å². The van der Waals surface area contributed by atoms with Crippen LogP contribution in [0.3, 0.4) is 0 Å². The van der Waals surface area contributed by atoms with Crippen molar-refractivity contribution in [1.29, 1.82) is 0 Å². The topological polar surface area (TPSA) is 135 Å². The number of nitrogens with two attached hydrogens (primary N) is 1. The van der Waals surface area contributed by atoms with Crippen LogP contribution in [0.2, 0.25) is 0 Å². The third-order valence-electron chi connectivity index (χ3n) is 5.50. The first kappa shape index (κ1) is 24.2. The van der Waals surface area contributed by atoms with Gasteiger partial charge in [-0.1, -0.05) is 18.2 Å². The molecule has 0 fully saturated rings. The van der Waals surface area contributed by atoms with Crippen molar-refractivity contribution in [3.05, 3.63) is 78.1 Å². The highest BCUT2D eigenvalue weighted by Crippen LogP contribution is 2.24. The van der Waals surface area contributed by atoms with Crippen molar-refractivity contribution in [1.82, 2.24) is 20.5 Å². The normalized spacial score (nSPS) is 12.4. The Bertz CT molecular complexity index is 1270. The molecule has 2 aromatic heterocycles. The van der Waals surface area contributed by atoms with Crippen LogP contribution in [0.25, 0.3) is 10.9 Å². The predicted molar refractivity (Wildman–Crippen MR) is 133 cm³/mol. The molecule has 4 rings (SSSR count). The van der Waals surface area contributed by atoms with Crippen LogP contribution in [0.1, 0.15) is 29.8 Å². The number of primary amides is 1. The maximum absolute atomic E-state index is 11.1.